The molecule has 0 heterocycles. The van der Waals surface area contributed by atoms with E-state index < -0.39 is 17.6 Å². The van der Waals surface area contributed by atoms with E-state index in [9.17, 15) is 13.6 Å². The molecule has 17 heavy (non-hydrogen) atoms. The smallest absolute Gasteiger partial charge is 0.317 e. The fourth-order valence-corrected chi connectivity index (χ4v) is 1.62. The van der Waals surface area contributed by atoms with Crippen molar-refractivity contribution in [3.63, 3.8) is 0 Å². The standard InChI is InChI=1S/C12H15F2NO2/c1-2-5-15(8-12(16)17)7-9-3-4-10(13)11(14)6-9/h3-4,6H,2,5,7-8H2,1H3,(H,16,17). The molecule has 5 heteroatoms. The molecular weight excluding hydrogens is 228 g/mol. The number of halogens is 2. The highest BCUT2D eigenvalue weighted by Gasteiger charge is 2.10. The summed E-state index contributed by atoms with van der Waals surface area (Å²) in [5.41, 5.74) is 0.568. The molecule has 0 aliphatic carbocycles. The third kappa shape index (κ3) is 4.48. The van der Waals surface area contributed by atoms with Crippen molar-refractivity contribution in [1.29, 1.82) is 0 Å². The largest absolute Gasteiger partial charge is 0.480 e. The van der Waals surface area contributed by atoms with Crippen LogP contribution in [0.15, 0.2) is 18.2 Å². The van der Waals surface area contributed by atoms with Crippen LogP contribution in [0.5, 0.6) is 0 Å². The lowest BCUT2D eigenvalue weighted by Crippen LogP contribution is -2.30. The van der Waals surface area contributed by atoms with E-state index in [1.54, 1.807) is 4.90 Å². The summed E-state index contributed by atoms with van der Waals surface area (Å²) < 4.78 is 25.7. The van der Waals surface area contributed by atoms with Gasteiger partial charge in [0.25, 0.3) is 0 Å². The van der Waals surface area contributed by atoms with Gasteiger partial charge in [-0.2, -0.15) is 0 Å². The Labute approximate surface area is 98.7 Å². The van der Waals surface area contributed by atoms with Gasteiger partial charge in [-0.3, -0.25) is 9.69 Å². The molecule has 0 aliphatic heterocycles. The van der Waals surface area contributed by atoms with Gasteiger partial charge < -0.3 is 5.11 Å². The summed E-state index contributed by atoms with van der Waals surface area (Å²) in [5.74, 6) is -2.73. The van der Waals surface area contributed by atoms with Gasteiger partial charge in [-0.15, -0.1) is 0 Å². The Morgan fingerprint density at radius 2 is 2.06 bits per heavy atom. The van der Waals surface area contributed by atoms with Crippen molar-refractivity contribution in [1.82, 2.24) is 4.90 Å². The van der Waals surface area contributed by atoms with Gasteiger partial charge in [0.15, 0.2) is 11.6 Å². The third-order valence-electron chi connectivity index (χ3n) is 2.29. The Morgan fingerprint density at radius 1 is 1.35 bits per heavy atom. The van der Waals surface area contributed by atoms with Crippen LogP contribution < -0.4 is 0 Å². The number of benzene rings is 1. The molecule has 94 valence electrons. The number of carboxylic acid groups (broad SMARTS) is 1. The number of carbonyl (C=O) groups is 1. The molecule has 1 rings (SSSR count). The second-order valence-corrected chi connectivity index (χ2v) is 3.85. The van der Waals surface area contributed by atoms with Crippen molar-refractivity contribution < 1.29 is 18.7 Å². The van der Waals surface area contributed by atoms with Gasteiger partial charge in [-0.25, -0.2) is 8.78 Å². The summed E-state index contributed by atoms with van der Waals surface area (Å²) >= 11 is 0. The van der Waals surface area contributed by atoms with Crippen molar-refractivity contribution in [3.05, 3.63) is 35.4 Å². The zero-order chi connectivity index (χ0) is 12.8. The molecule has 3 nitrogen and oxygen atoms in total. The van der Waals surface area contributed by atoms with E-state index in [-0.39, 0.29) is 6.54 Å². The van der Waals surface area contributed by atoms with E-state index in [4.69, 9.17) is 5.11 Å². The Hall–Kier alpha value is -1.49. The van der Waals surface area contributed by atoms with Crippen molar-refractivity contribution >= 4 is 5.97 Å². The van der Waals surface area contributed by atoms with Crippen LogP contribution in [0.4, 0.5) is 8.78 Å². The SMILES string of the molecule is CCCN(CC(=O)O)Cc1ccc(F)c(F)c1. The lowest BCUT2D eigenvalue weighted by atomic mass is 10.2. The van der Waals surface area contributed by atoms with Crippen molar-refractivity contribution in [2.75, 3.05) is 13.1 Å². The number of hydrogen-bond acceptors (Lipinski definition) is 2. The summed E-state index contributed by atoms with van der Waals surface area (Å²) in [5, 5.41) is 8.71. The van der Waals surface area contributed by atoms with Crippen LogP contribution in [0, 0.1) is 11.6 Å². The molecule has 1 aromatic rings. The Balaban J connectivity index is 2.71. The molecule has 0 fully saturated rings. The molecule has 0 spiro atoms. The maximum atomic E-state index is 13.0. The first-order chi connectivity index (χ1) is 8.02. The second-order valence-electron chi connectivity index (χ2n) is 3.85. The number of nitrogens with zero attached hydrogens (tertiary/aromatic N) is 1. The van der Waals surface area contributed by atoms with Gasteiger partial charge in [0.2, 0.25) is 0 Å². The molecule has 0 saturated heterocycles. The summed E-state index contributed by atoms with van der Waals surface area (Å²) in [6, 6.07) is 3.61. The molecule has 0 unspecified atom stereocenters. The van der Waals surface area contributed by atoms with Gasteiger partial charge in [-0.05, 0) is 30.7 Å². The lowest BCUT2D eigenvalue weighted by molar-refractivity contribution is -0.138. The average molecular weight is 243 g/mol. The minimum Gasteiger partial charge on any atom is -0.480 e. The van der Waals surface area contributed by atoms with E-state index >= 15 is 0 Å². The predicted octanol–water partition coefficient (Wildman–Crippen LogP) is 2.26. The van der Waals surface area contributed by atoms with Gasteiger partial charge in [0.1, 0.15) is 0 Å². The molecule has 0 bridgehead atoms. The highest BCUT2D eigenvalue weighted by Crippen LogP contribution is 2.11. The van der Waals surface area contributed by atoms with E-state index in [1.165, 1.54) is 6.07 Å². The summed E-state index contributed by atoms with van der Waals surface area (Å²) in [6.07, 6.45) is 0.803. The fourth-order valence-electron chi connectivity index (χ4n) is 1.62. The van der Waals surface area contributed by atoms with Crippen LogP contribution in [0.25, 0.3) is 0 Å². The lowest BCUT2D eigenvalue weighted by Gasteiger charge is -2.19. The highest BCUT2D eigenvalue weighted by atomic mass is 19.2. The quantitative estimate of drug-likeness (QED) is 0.833. The van der Waals surface area contributed by atoms with Crippen LogP contribution in [0.2, 0.25) is 0 Å². The molecule has 0 amide bonds. The van der Waals surface area contributed by atoms with Gasteiger partial charge >= 0.3 is 5.97 Å². The van der Waals surface area contributed by atoms with Crippen LogP contribution in [-0.2, 0) is 11.3 Å². The zero-order valence-electron chi connectivity index (χ0n) is 9.62. The molecule has 0 saturated carbocycles. The summed E-state index contributed by atoms with van der Waals surface area (Å²) in [6.45, 7) is 2.73. The summed E-state index contributed by atoms with van der Waals surface area (Å²) in [4.78, 5) is 12.3. The number of rotatable bonds is 6. The first-order valence-corrected chi connectivity index (χ1v) is 5.41. The van der Waals surface area contributed by atoms with Crippen LogP contribution >= 0.6 is 0 Å². The molecule has 0 radical (unpaired) electrons. The molecule has 0 aliphatic rings. The monoisotopic (exact) mass is 243 g/mol. The maximum Gasteiger partial charge on any atom is 0.317 e. The fraction of sp³-hybridized carbons (Fsp3) is 0.417. The normalized spacial score (nSPS) is 10.8. The molecule has 1 N–H and O–H groups in total. The second kappa shape index (κ2) is 6.30. The minimum absolute atomic E-state index is 0.104. The first-order valence-electron chi connectivity index (χ1n) is 5.41. The Bertz CT molecular complexity index is 396. The average Bonchev–Trinajstić information content (AvgIpc) is 2.23. The zero-order valence-corrected chi connectivity index (χ0v) is 9.62. The van der Waals surface area contributed by atoms with Gasteiger partial charge in [0, 0.05) is 6.54 Å². The Kier molecular flexibility index (Phi) is 5.03. The molecule has 0 aromatic heterocycles. The maximum absolute atomic E-state index is 13.0. The van der Waals surface area contributed by atoms with E-state index in [0.717, 1.165) is 18.6 Å². The minimum atomic E-state index is -0.930. The molecular formula is C12H15F2NO2. The Morgan fingerprint density at radius 3 is 2.59 bits per heavy atom. The van der Waals surface area contributed by atoms with Crippen LogP contribution in [0.3, 0.4) is 0 Å². The molecule has 0 atom stereocenters. The van der Waals surface area contributed by atoms with E-state index in [1.807, 2.05) is 6.92 Å². The van der Waals surface area contributed by atoms with Crippen molar-refractivity contribution in [2.24, 2.45) is 0 Å². The highest BCUT2D eigenvalue weighted by molar-refractivity contribution is 5.69. The number of carboxylic acids is 1. The first kappa shape index (κ1) is 13.6. The van der Waals surface area contributed by atoms with Crippen molar-refractivity contribution in [2.45, 2.75) is 19.9 Å². The van der Waals surface area contributed by atoms with Crippen LogP contribution in [0.1, 0.15) is 18.9 Å². The number of hydrogen-bond donors (Lipinski definition) is 1. The van der Waals surface area contributed by atoms with E-state index in [0.29, 0.717) is 18.7 Å². The number of aliphatic carboxylic acids is 1. The topological polar surface area (TPSA) is 40.5 Å². The van der Waals surface area contributed by atoms with Gasteiger partial charge in [-0.1, -0.05) is 13.0 Å². The predicted molar refractivity (Wildman–Crippen MR) is 59.6 cm³/mol. The van der Waals surface area contributed by atoms with Crippen molar-refractivity contribution in [3.8, 4) is 0 Å². The van der Waals surface area contributed by atoms with Gasteiger partial charge in [0.05, 0.1) is 6.54 Å². The third-order valence-corrected chi connectivity index (χ3v) is 2.29. The van der Waals surface area contributed by atoms with E-state index in [2.05, 4.69) is 0 Å². The molecule has 1 aromatic carbocycles. The summed E-state index contributed by atoms with van der Waals surface area (Å²) in [7, 11) is 0. The van der Waals surface area contributed by atoms with Crippen LogP contribution in [-0.4, -0.2) is 29.1 Å².